The van der Waals surface area contributed by atoms with Crippen LogP contribution in [0, 0.1) is 5.92 Å². The zero-order valence-electron chi connectivity index (χ0n) is 10.0. The molecule has 1 aliphatic rings. The van der Waals surface area contributed by atoms with Crippen molar-refractivity contribution in [1.29, 1.82) is 0 Å². The van der Waals surface area contributed by atoms with Gasteiger partial charge in [0, 0.05) is 19.5 Å². The van der Waals surface area contributed by atoms with Gasteiger partial charge in [0.15, 0.2) is 0 Å². The molecule has 0 saturated heterocycles. The molecule has 1 unspecified atom stereocenters. The van der Waals surface area contributed by atoms with Crippen LogP contribution in [0.2, 0.25) is 0 Å². The summed E-state index contributed by atoms with van der Waals surface area (Å²) in [7, 11) is 3.94. The minimum atomic E-state index is -0.177. The van der Waals surface area contributed by atoms with Crippen molar-refractivity contribution in [2.24, 2.45) is 11.7 Å². The Morgan fingerprint density at radius 1 is 1.53 bits per heavy atom. The van der Waals surface area contributed by atoms with Crippen molar-refractivity contribution >= 4 is 5.91 Å². The number of nitrogens with zero attached hydrogens (tertiary/aromatic N) is 1. The second-order valence-corrected chi connectivity index (χ2v) is 5.00. The van der Waals surface area contributed by atoms with Gasteiger partial charge in [-0.15, -0.1) is 0 Å². The van der Waals surface area contributed by atoms with Crippen LogP contribution < -0.4 is 11.1 Å². The highest BCUT2D eigenvalue weighted by Gasteiger charge is 2.41. The first kappa shape index (κ1) is 12.5. The molecular weight excluding hydrogens is 190 g/mol. The number of rotatable bonds is 6. The van der Waals surface area contributed by atoms with Crippen molar-refractivity contribution in [3.05, 3.63) is 0 Å². The zero-order valence-corrected chi connectivity index (χ0v) is 10.0. The smallest absolute Gasteiger partial charge is 0.221 e. The van der Waals surface area contributed by atoms with E-state index in [1.807, 2.05) is 19.0 Å². The SMILES string of the molecule is CN(C)CCC(=O)NC(C)(CN)C1CC1. The standard InChI is InChI=1S/C11H23N3O/c1-11(8-12,9-4-5-9)13-10(15)6-7-14(2)3/h9H,4-8,12H2,1-3H3,(H,13,15). The molecule has 0 aliphatic heterocycles. The highest BCUT2D eigenvalue weighted by molar-refractivity contribution is 5.77. The number of carbonyl (C=O) groups is 1. The normalized spacial score (nSPS) is 20.1. The van der Waals surface area contributed by atoms with Crippen LogP contribution in [0.3, 0.4) is 0 Å². The predicted octanol–water partition coefficient (Wildman–Crippen LogP) is 0.182. The van der Waals surface area contributed by atoms with E-state index < -0.39 is 0 Å². The monoisotopic (exact) mass is 213 g/mol. The van der Waals surface area contributed by atoms with E-state index in [1.54, 1.807) is 0 Å². The van der Waals surface area contributed by atoms with Crippen LogP contribution in [0.1, 0.15) is 26.2 Å². The van der Waals surface area contributed by atoms with Gasteiger partial charge >= 0.3 is 0 Å². The minimum Gasteiger partial charge on any atom is -0.349 e. The summed E-state index contributed by atoms with van der Waals surface area (Å²) in [5.41, 5.74) is 5.55. The van der Waals surface area contributed by atoms with Gasteiger partial charge in [-0.3, -0.25) is 4.79 Å². The summed E-state index contributed by atoms with van der Waals surface area (Å²) in [6.07, 6.45) is 2.94. The lowest BCUT2D eigenvalue weighted by molar-refractivity contribution is -0.123. The summed E-state index contributed by atoms with van der Waals surface area (Å²) < 4.78 is 0. The molecule has 0 heterocycles. The molecule has 1 rings (SSSR count). The maximum atomic E-state index is 11.7. The molecule has 1 saturated carbocycles. The van der Waals surface area contributed by atoms with Crippen LogP contribution in [-0.4, -0.2) is 43.5 Å². The molecule has 0 aromatic heterocycles. The molecule has 3 N–H and O–H groups in total. The van der Waals surface area contributed by atoms with Gasteiger partial charge in [-0.25, -0.2) is 0 Å². The maximum absolute atomic E-state index is 11.7. The summed E-state index contributed by atoms with van der Waals surface area (Å²) >= 11 is 0. The number of hydrogen-bond donors (Lipinski definition) is 2. The highest BCUT2D eigenvalue weighted by Crippen LogP contribution is 2.38. The van der Waals surface area contributed by atoms with Gasteiger partial charge < -0.3 is 16.0 Å². The van der Waals surface area contributed by atoms with E-state index in [1.165, 1.54) is 12.8 Å². The molecule has 0 aromatic carbocycles. The summed E-state index contributed by atoms with van der Waals surface area (Å²) in [6, 6.07) is 0. The lowest BCUT2D eigenvalue weighted by atomic mass is 9.96. The summed E-state index contributed by atoms with van der Waals surface area (Å²) in [5.74, 6) is 0.703. The quantitative estimate of drug-likeness (QED) is 0.662. The second kappa shape index (κ2) is 4.94. The molecule has 1 fully saturated rings. The lowest BCUT2D eigenvalue weighted by Crippen LogP contribution is -2.53. The fourth-order valence-electron chi connectivity index (χ4n) is 1.75. The summed E-state index contributed by atoms with van der Waals surface area (Å²) in [6.45, 7) is 3.38. The van der Waals surface area contributed by atoms with Crippen molar-refractivity contribution in [1.82, 2.24) is 10.2 Å². The minimum absolute atomic E-state index is 0.114. The molecule has 1 aliphatic carbocycles. The topological polar surface area (TPSA) is 58.4 Å². The molecule has 0 spiro atoms. The Balaban J connectivity index is 2.34. The number of nitrogens with one attached hydrogen (secondary N) is 1. The Labute approximate surface area is 92.2 Å². The van der Waals surface area contributed by atoms with Crippen LogP contribution >= 0.6 is 0 Å². The third-order valence-corrected chi connectivity index (χ3v) is 3.11. The third kappa shape index (κ3) is 3.80. The van der Waals surface area contributed by atoms with Crippen LogP contribution in [-0.2, 0) is 4.79 Å². The van der Waals surface area contributed by atoms with Gasteiger partial charge in [-0.1, -0.05) is 0 Å². The third-order valence-electron chi connectivity index (χ3n) is 3.11. The molecule has 0 bridgehead atoms. The van der Waals surface area contributed by atoms with E-state index in [2.05, 4.69) is 12.2 Å². The van der Waals surface area contributed by atoms with Crippen LogP contribution in [0.5, 0.6) is 0 Å². The highest BCUT2D eigenvalue weighted by atomic mass is 16.1. The van der Waals surface area contributed by atoms with Crippen molar-refractivity contribution in [3.63, 3.8) is 0 Å². The van der Waals surface area contributed by atoms with Gasteiger partial charge in [-0.05, 0) is 39.8 Å². The Morgan fingerprint density at radius 2 is 2.13 bits per heavy atom. The molecule has 15 heavy (non-hydrogen) atoms. The van der Waals surface area contributed by atoms with Gasteiger partial charge in [0.25, 0.3) is 0 Å². The van der Waals surface area contributed by atoms with E-state index in [4.69, 9.17) is 5.73 Å². The fourth-order valence-corrected chi connectivity index (χ4v) is 1.75. The predicted molar refractivity (Wildman–Crippen MR) is 61.5 cm³/mol. The summed E-state index contributed by atoms with van der Waals surface area (Å²) in [4.78, 5) is 13.7. The second-order valence-electron chi connectivity index (χ2n) is 5.00. The number of carbonyl (C=O) groups excluding carboxylic acids is 1. The maximum Gasteiger partial charge on any atom is 0.221 e. The Hall–Kier alpha value is -0.610. The number of hydrogen-bond acceptors (Lipinski definition) is 3. The number of amides is 1. The van der Waals surface area contributed by atoms with Gasteiger partial charge in [-0.2, -0.15) is 0 Å². The number of nitrogens with two attached hydrogens (primary N) is 1. The first-order chi connectivity index (χ1) is 6.98. The molecule has 88 valence electrons. The zero-order chi connectivity index (χ0) is 11.5. The lowest BCUT2D eigenvalue weighted by Gasteiger charge is -2.29. The van der Waals surface area contributed by atoms with E-state index in [9.17, 15) is 4.79 Å². The largest absolute Gasteiger partial charge is 0.349 e. The van der Waals surface area contributed by atoms with Gasteiger partial charge in [0.1, 0.15) is 0 Å². The van der Waals surface area contributed by atoms with Gasteiger partial charge in [0.05, 0.1) is 5.54 Å². The molecule has 4 nitrogen and oxygen atoms in total. The summed E-state index contributed by atoms with van der Waals surface area (Å²) in [5, 5.41) is 3.07. The van der Waals surface area contributed by atoms with E-state index in [0.717, 1.165) is 6.54 Å². The van der Waals surface area contributed by atoms with Crippen molar-refractivity contribution < 1.29 is 4.79 Å². The molecular formula is C11H23N3O. The molecule has 0 aromatic rings. The first-order valence-electron chi connectivity index (χ1n) is 5.64. The van der Waals surface area contributed by atoms with Crippen LogP contribution in [0.25, 0.3) is 0 Å². The average molecular weight is 213 g/mol. The van der Waals surface area contributed by atoms with Crippen molar-refractivity contribution in [2.45, 2.75) is 31.7 Å². The van der Waals surface area contributed by atoms with Crippen molar-refractivity contribution in [2.75, 3.05) is 27.2 Å². The van der Waals surface area contributed by atoms with Crippen molar-refractivity contribution in [3.8, 4) is 0 Å². The fraction of sp³-hybridized carbons (Fsp3) is 0.909. The van der Waals surface area contributed by atoms with Crippen LogP contribution in [0.15, 0.2) is 0 Å². The molecule has 4 heteroatoms. The molecule has 1 atom stereocenters. The first-order valence-corrected chi connectivity index (χ1v) is 5.64. The van der Waals surface area contributed by atoms with E-state index in [-0.39, 0.29) is 11.4 Å². The Morgan fingerprint density at radius 3 is 2.53 bits per heavy atom. The Bertz CT molecular complexity index is 226. The van der Waals surface area contributed by atoms with E-state index in [0.29, 0.717) is 18.9 Å². The van der Waals surface area contributed by atoms with Crippen LogP contribution in [0.4, 0.5) is 0 Å². The molecule has 0 radical (unpaired) electrons. The van der Waals surface area contributed by atoms with E-state index >= 15 is 0 Å². The molecule has 1 amide bonds. The Kier molecular flexibility index (Phi) is 4.11. The average Bonchev–Trinajstić information content (AvgIpc) is 2.97. The van der Waals surface area contributed by atoms with Gasteiger partial charge in [0.2, 0.25) is 5.91 Å².